The Hall–Kier alpha value is -3.10. The van der Waals surface area contributed by atoms with E-state index in [4.69, 9.17) is 4.74 Å². The number of benzene rings is 3. The number of amidine groups is 1. The summed E-state index contributed by atoms with van der Waals surface area (Å²) in [7, 11) is -3.12. The summed E-state index contributed by atoms with van der Waals surface area (Å²) >= 11 is 1.39. The predicted octanol–water partition coefficient (Wildman–Crippen LogP) is 4.50. The molecule has 0 bridgehead atoms. The van der Waals surface area contributed by atoms with E-state index in [1.807, 2.05) is 89.8 Å². The zero-order chi connectivity index (χ0) is 24.3. The van der Waals surface area contributed by atoms with Gasteiger partial charge in [-0.3, -0.25) is 4.79 Å². The van der Waals surface area contributed by atoms with Gasteiger partial charge in [-0.05, 0) is 41.8 Å². The van der Waals surface area contributed by atoms with Gasteiger partial charge in [-0.25, -0.2) is 8.42 Å². The molecule has 8 heteroatoms. The third-order valence-corrected chi connectivity index (χ3v) is 9.33. The first-order valence-corrected chi connectivity index (χ1v) is 14.3. The fourth-order valence-electron chi connectivity index (χ4n) is 4.37. The van der Waals surface area contributed by atoms with Crippen LogP contribution >= 0.6 is 11.8 Å². The van der Waals surface area contributed by atoms with Crippen LogP contribution in [0.3, 0.4) is 0 Å². The van der Waals surface area contributed by atoms with Crippen LogP contribution in [0.5, 0.6) is 5.75 Å². The molecular formula is C27H26N2O4S2. The van der Waals surface area contributed by atoms with Gasteiger partial charge in [-0.2, -0.15) is 4.99 Å². The summed E-state index contributed by atoms with van der Waals surface area (Å²) in [5.74, 6) is 0.687. The Bertz CT molecular complexity index is 1310. The van der Waals surface area contributed by atoms with Gasteiger partial charge in [0, 0.05) is 17.4 Å². The summed E-state index contributed by atoms with van der Waals surface area (Å²) < 4.78 is 30.5. The topological polar surface area (TPSA) is 76.0 Å². The number of amides is 1. The van der Waals surface area contributed by atoms with Gasteiger partial charge in [0.25, 0.3) is 0 Å². The van der Waals surface area contributed by atoms with Crippen molar-refractivity contribution in [3.05, 3.63) is 96.1 Å². The first kappa shape index (κ1) is 23.6. The molecule has 2 aliphatic heterocycles. The lowest BCUT2D eigenvalue weighted by Crippen LogP contribution is -2.37. The Balaban J connectivity index is 1.32. The number of ether oxygens (including phenoxy) is 1. The molecule has 2 saturated heterocycles. The van der Waals surface area contributed by atoms with Crippen molar-refractivity contribution in [1.29, 1.82) is 0 Å². The van der Waals surface area contributed by atoms with E-state index >= 15 is 0 Å². The molecule has 2 heterocycles. The lowest BCUT2D eigenvalue weighted by Gasteiger charge is -2.24. The largest absolute Gasteiger partial charge is 0.489 e. The minimum Gasteiger partial charge on any atom is -0.489 e. The van der Waals surface area contributed by atoms with Crippen LogP contribution in [0.2, 0.25) is 0 Å². The second kappa shape index (κ2) is 10.3. The maximum absolute atomic E-state index is 12.7. The second-order valence-electron chi connectivity index (χ2n) is 8.71. The van der Waals surface area contributed by atoms with Crippen molar-refractivity contribution in [1.82, 2.24) is 0 Å². The zero-order valence-corrected chi connectivity index (χ0v) is 20.8. The number of aliphatic imine (C=N–C) groups is 1. The van der Waals surface area contributed by atoms with Gasteiger partial charge in [0.2, 0.25) is 5.91 Å². The van der Waals surface area contributed by atoms with Crippen LogP contribution in [0.4, 0.5) is 5.69 Å². The molecule has 6 nitrogen and oxygen atoms in total. The number of anilines is 1. The number of hydrogen-bond acceptors (Lipinski definition) is 5. The van der Waals surface area contributed by atoms with Crippen molar-refractivity contribution >= 4 is 38.4 Å². The highest BCUT2D eigenvalue weighted by atomic mass is 32.2. The van der Waals surface area contributed by atoms with Gasteiger partial charge in [0.1, 0.15) is 12.4 Å². The van der Waals surface area contributed by atoms with E-state index in [0.29, 0.717) is 24.6 Å². The Morgan fingerprint density at radius 3 is 2.26 bits per heavy atom. The molecule has 0 aliphatic carbocycles. The summed E-state index contributed by atoms with van der Waals surface area (Å²) in [6.07, 6.45) is 0.928. The number of fused-ring (bicyclic) bond motifs is 1. The van der Waals surface area contributed by atoms with Crippen LogP contribution in [0, 0.1) is 0 Å². The number of nitrogens with zero attached hydrogens (tertiary/aromatic N) is 2. The van der Waals surface area contributed by atoms with Crippen LogP contribution in [0.25, 0.3) is 0 Å². The Morgan fingerprint density at radius 2 is 1.57 bits per heavy atom. The van der Waals surface area contributed by atoms with Gasteiger partial charge in [-0.1, -0.05) is 72.4 Å². The third kappa shape index (κ3) is 5.77. The first-order valence-electron chi connectivity index (χ1n) is 11.6. The SMILES string of the molecule is O=C(CCc1ccccc1)N=C1S[C@@H]2CS(=O)(=O)C[C@@H]2N1c1ccc(OCc2ccccc2)cc1. The van der Waals surface area contributed by atoms with Gasteiger partial charge in [-0.15, -0.1) is 0 Å². The van der Waals surface area contributed by atoms with E-state index in [1.165, 1.54) is 11.8 Å². The molecule has 0 N–H and O–H groups in total. The number of carbonyl (C=O) groups excluding carboxylic acids is 1. The fraction of sp³-hybridized carbons (Fsp3) is 0.259. The molecule has 3 aromatic rings. The molecular weight excluding hydrogens is 480 g/mol. The highest BCUT2D eigenvalue weighted by Gasteiger charge is 2.49. The van der Waals surface area contributed by atoms with Crippen molar-refractivity contribution in [2.75, 3.05) is 16.4 Å². The van der Waals surface area contributed by atoms with Crippen molar-refractivity contribution in [3.8, 4) is 5.75 Å². The number of carbonyl (C=O) groups is 1. The molecule has 0 radical (unpaired) electrons. The van der Waals surface area contributed by atoms with Crippen LogP contribution < -0.4 is 9.64 Å². The van der Waals surface area contributed by atoms with E-state index in [1.54, 1.807) is 0 Å². The molecule has 180 valence electrons. The minimum absolute atomic E-state index is 0.0636. The van der Waals surface area contributed by atoms with Gasteiger partial charge in [0.05, 0.1) is 17.5 Å². The molecule has 0 saturated carbocycles. The number of hydrogen-bond donors (Lipinski definition) is 0. The van der Waals surface area contributed by atoms with Crippen LogP contribution in [0.1, 0.15) is 17.5 Å². The van der Waals surface area contributed by atoms with Crippen molar-refractivity contribution in [2.45, 2.75) is 30.7 Å². The molecule has 3 aromatic carbocycles. The van der Waals surface area contributed by atoms with Crippen LogP contribution in [-0.2, 0) is 27.7 Å². The smallest absolute Gasteiger partial charge is 0.248 e. The van der Waals surface area contributed by atoms with Gasteiger partial charge in [0.15, 0.2) is 15.0 Å². The highest BCUT2D eigenvalue weighted by Crippen LogP contribution is 2.41. The summed E-state index contributed by atoms with van der Waals surface area (Å²) in [5.41, 5.74) is 2.98. The maximum Gasteiger partial charge on any atom is 0.248 e. The normalized spacial score (nSPS) is 21.7. The summed E-state index contributed by atoms with van der Waals surface area (Å²) in [6, 6.07) is 27.1. The number of thioether (sulfide) groups is 1. The Labute approximate surface area is 209 Å². The monoisotopic (exact) mass is 506 g/mol. The average molecular weight is 507 g/mol. The Morgan fingerprint density at radius 1 is 0.914 bits per heavy atom. The molecule has 35 heavy (non-hydrogen) atoms. The van der Waals surface area contributed by atoms with Crippen LogP contribution in [-0.4, -0.2) is 42.3 Å². The quantitative estimate of drug-likeness (QED) is 0.470. The lowest BCUT2D eigenvalue weighted by atomic mass is 10.1. The van der Waals surface area contributed by atoms with Crippen molar-refractivity contribution in [3.63, 3.8) is 0 Å². The lowest BCUT2D eigenvalue weighted by molar-refractivity contribution is -0.117. The van der Waals surface area contributed by atoms with E-state index in [9.17, 15) is 13.2 Å². The van der Waals surface area contributed by atoms with Crippen molar-refractivity contribution < 1.29 is 17.9 Å². The van der Waals surface area contributed by atoms with Crippen LogP contribution in [0.15, 0.2) is 89.9 Å². The maximum atomic E-state index is 12.7. The zero-order valence-electron chi connectivity index (χ0n) is 19.1. The van der Waals surface area contributed by atoms with Gasteiger partial charge < -0.3 is 9.64 Å². The summed E-state index contributed by atoms with van der Waals surface area (Å²) in [6.45, 7) is 0.464. The number of sulfone groups is 1. The molecule has 2 fully saturated rings. The number of aryl methyl sites for hydroxylation is 1. The molecule has 1 amide bonds. The standard InChI is InChI=1S/C27H26N2O4S2/c30-26(16-11-20-7-3-1-4-8-20)28-27-29(24-18-35(31,32)19-25(24)34-27)22-12-14-23(15-13-22)33-17-21-9-5-2-6-10-21/h1-10,12-15,24-25H,11,16-19H2/t24-,25+/m0/s1. The van der Waals surface area contributed by atoms with E-state index in [0.717, 1.165) is 22.6 Å². The minimum atomic E-state index is -3.12. The molecule has 5 rings (SSSR count). The second-order valence-corrected chi connectivity index (χ2v) is 12.1. The van der Waals surface area contributed by atoms with Gasteiger partial charge >= 0.3 is 0 Å². The molecule has 0 aromatic heterocycles. The fourth-order valence-corrected chi connectivity index (χ4v) is 8.30. The Kier molecular flexibility index (Phi) is 6.92. The molecule has 0 unspecified atom stereocenters. The molecule has 0 spiro atoms. The highest BCUT2D eigenvalue weighted by molar-refractivity contribution is 8.16. The summed E-state index contributed by atoms with van der Waals surface area (Å²) in [5, 5.41) is 0.445. The molecule has 2 atom stereocenters. The van der Waals surface area contributed by atoms with E-state index in [2.05, 4.69) is 4.99 Å². The summed E-state index contributed by atoms with van der Waals surface area (Å²) in [4.78, 5) is 19.0. The van der Waals surface area contributed by atoms with E-state index < -0.39 is 9.84 Å². The number of rotatable bonds is 7. The van der Waals surface area contributed by atoms with E-state index in [-0.39, 0.29) is 28.7 Å². The average Bonchev–Trinajstić information content (AvgIpc) is 3.33. The third-order valence-electron chi connectivity index (χ3n) is 6.12. The first-order chi connectivity index (χ1) is 17.0. The molecule has 2 aliphatic rings. The van der Waals surface area contributed by atoms with Crippen molar-refractivity contribution in [2.24, 2.45) is 4.99 Å². The predicted molar refractivity (Wildman–Crippen MR) is 141 cm³/mol.